The van der Waals surface area contributed by atoms with Crippen molar-refractivity contribution in [2.45, 2.75) is 6.92 Å². The van der Waals surface area contributed by atoms with Crippen LogP contribution in [-0.2, 0) is 19.2 Å². The lowest BCUT2D eigenvalue weighted by Crippen LogP contribution is -2.50. The number of aryl methyl sites for hydroxylation is 1. The van der Waals surface area contributed by atoms with E-state index in [1.165, 1.54) is 7.05 Å². The number of nitrogens with zero attached hydrogens (tertiary/aromatic N) is 2. The molecule has 6 heteroatoms. The number of anilines is 1. The van der Waals surface area contributed by atoms with Crippen LogP contribution < -0.4 is 4.90 Å². The number of likely N-dealkylation sites (tertiary alicyclic amines) is 1. The third kappa shape index (κ3) is 1.35. The summed E-state index contributed by atoms with van der Waals surface area (Å²) in [5.41, 5.74) is 1.52. The van der Waals surface area contributed by atoms with Crippen molar-refractivity contribution in [1.82, 2.24) is 4.90 Å². The summed E-state index contributed by atoms with van der Waals surface area (Å²) >= 11 is 0. The highest BCUT2D eigenvalue weighted by Crippen LogP contribution is 2.56. The second kappa shape index (κ2) is 4.03. The zero-order valence-corrected chi connectivity index (χ0v) is 12.1. The van der Waals surface area contributed by atoms with Crippen LogP contribution >= 0.6 is 0 Å². The maximum atomic E-state index is 12.6. The molecule has 0 aromatic heterocycles. The fourth-order valence-electron chi connectivity index (χ4n) is 3.89. The lowest BCUT2D eigenvalue weighted by Gasteiger charge is -2.36. The van der Waals surface area contributed by atoms with Gasteiger partial charge in [-0.15, -0.1) is 0 Å². The number of hydrogen-bond donors (Lipinski definition) is 0. The lowest BCUT2D eigenvalue weighted by atomic mass is 9.59. The summed E-state index contributed by atoms with van der Waals surface area (Å²) in [6.45, 7) is 1.92. The summed E-state index contributed by atoms with van der Waals surface area (Å²) in [5.74, 6) is -4.09. The van der Waals surface area contributed by atoms with E-state index in [-0.39, 0.29) is 23.6 Å². The summed E-state index contributed by atoms with van der Waals surface area (Å²) in [6, 6.07) is 7.06. The summed E-state index contributed by atoms with van der Waals surface area (Å²) in [6.07, 6.45) is 0. The van der Waals surface area contributed by atoms with Gasteiger partial charge >= 0.3 is 0 Å². The Morgan fingerprint density at radius 2 is 1.14 bits per heavy atom. The normalized spacial score (nSPS) is 33.2. The van der Waals surface area contributed by atoms with Crippen LogP contribution in [0.1, 0.15) is 5.56 Å². The van der Waals surface area contributed by atoms with Crippen LogP contribution in [0.5, 0.6) is 0 Å². The molecule has 0 N–H and O–H groups in total. The zero-order valence-electron chi connectivity index (χ0n) is 12.1. The monoisotopic (exact) mass is 298 g/mol. The average Bonchev–Trinajstić information content (AvgIpc) is 2.76. The number of imide groups is 2. The maximum Gasteiger partial charge on any atom is 0.238 e. The van der Waals surface area contributed by atoms with Crippen LogP contribution in [0, 0.1) is 30.6 Å². The molecule has 4 rings (SSSR count). The summed E-state index contributed by atoms with van der Waals surface area (Å²) < 4.78 is 0. The van der Waals surface area contributed by atoms with Gasteiger partial charge < -0.3 is 0 Å². The van der Waals surface area contributed by atoms with E-state index in [1.54, 1.807) is 12.1 Å². The topological polar surface area (TPSA) is 74.8 Å². The van der Waals surface area contributed by atoms with Crippen molar-refractivity contribution in [3.05, 3.63) is 29.8 Å². The van der Waals surface area contributed by atoms with Gasteiger partial charge in [0.15, 0.2) is 0 Å². The van der Waals surface area contributed by atoms with Crippen molar-refractivity contribution in [3.63, 3.8) is 0 Å². The van der Waals surface area contributed by atoms with Gasteiger partial charge in [0.05, 0.1) is 29.4 Å². The minimum absolute atomic E-state index is 0.344. The highest BCUT2D eigenvalue weighted by molar-refractivity contribution is 6.27. The van der Waals surface area contributed by atoms with E-state index >= 15 is 0 Å². The standard InChI is InChI=1S/C16H14N2O4/c1-7-3-5-8(6-4-7)18-15(21)11-9-10(12(11)16(18)22)14(20)17(2)13(9)19/h3-6,9-12H,1-2H3. The van der Waals surface area contributed by atoms with Crippen molar-refractivity contribution < 1.29 is 19.2 Å². The smallest absolute Gasteiger partial charge is 0.238 e. The SMILES string of the molecule is Cc1ccc(N2C(=O)C3C4C(=O)N(C)C(=O)C4C3C2=O)cc1. The highest BCUT2D eigenvalue weighted by Gasteiger charge is 2.73. The predicted molar refractivity (Wildman–Crippen MR) is 75.4 cm³/mol. The van der Waals surface area contributed by atoms with Crippen LogP contribution in [0.25, 0.3) is 0 Å². The molecule has 0 spiro atoms. The van der Waals surface area contributed by atoms with Crippen molar-refractivity contribution in [3.8, 4) is 0 Å². The summed E-state index contributed by atoms with van der Waals surface area (Å²) in [5, 5.41) is 0. The quantitative estimate of drug-likeness (QED) is 0.701. The Hall–Kier alpha value is -2.50. The minimum Gasteiger partial charge on any atom is -0.285 e. The molecule has 3 fully saturated rings. The van der Waals surface area contributed by atoms with E-state index in [0.29, 0.717) is 5.69 Å². The van der Waals surface area contributed by atoms with Gasteiger partial charge in [0.2, 0.25) is 23.6 Å². The third-order valence-electron chi connectivity index (χ3n) is 5.08. The van der Waals surface area contributed by atoms with Crippen molar-refractivity contribution in [2.75, 3.05) is 11.9 Å². The van der Waals surface area contributed by atoms with E-state index in [2.05, 4.69) is 0 Å². The Balaban J connectivity index is 1.72. The van der Waals surface area contributed by atoms with Gasteiger partial charge in [-0.1, -0.05) is 17.7 Å². The second-order valence-electron chi connectivity index (χ2n) is 6.19. The molecule has 4 atom stereocenters. The molecule has 2 heterocycles. The number of hydrogen-bond acceptors (Lipinski definition) is 4. The maximum absolute atomic E-state index is 12.6. The third-order valence-corrected chi connectivity index (χ3v) is 5.08. The molecule has 22 heavy (non-hydrogen) atoms. The molecule has 6 nitrogen and oxygen atoms in total. The van der Waals surface area contributed by atoms with E-state index in [9.17, 15) is 19.2 Å². The van der Waals surface area contributed by atoms with E-state index in [1.807, 2.05) is 19.1 Å². The molecule has 0 radical (unpaired) electrons. The van der Waals surface area contributed by atoms with Crippen LogP contribution in [0.3, 0.4) is 0 Å². The Morgan fingerprint density at radius 3 is 1.59 bits per heavy atom. The van der Waals surface area contributed by atoms with Crippen LogP contribution in [0.15, 0.2) is 24.3 Å². The predicted octanol–water partition coefficient (Wildman–Crippen LogP) is 0.345. The molecule has 1 aromatic carbocycles. The van der Waals surface area contributed by atoms with Gasteiger partial charge in [0.25, 0.3) is 0 Å². The molecular formula is C16H14N2O4. The lowest BCUT2D eigenvalue weighted by molar-refractivity contribution is -0.146. The number of carbonyl (C=O) groups is 4. The van der Waals surface area contributed by atoms with Gasteiger partial charge in [-0.3, -0.25) is 29.0 Å². The van der Waals surface area contributed by atoms with Crippen molar-refractivity contribution in [2.24, 2.45) is 23.7 Å². The number of rotatable bonds is 1. The first-order valence-corrected chi connectivity index (χ1v) is 7.19. The molecule has 1 aliphatic carbocycles. The molecule has 2 aliphatic heterocycles. The Bertz CT molecular complexity index is 699. The van der Waals surface area contributed by atoms with Crippen LogP contribution in [0.4, 0.5) is 5.69 Å². The fourth-order valence-corrected chi connectivity index (χ4v) is 3.89. The summed E-state index contributed by atoms with van der Waals surface area (Å²) in [7, 11) is 1.41. The summed E-state index contributed by atoms with van der Waals surface area (Å²) in [4.78, 5) is 51.5. The first kappa shape index (κ1) is 13.2. The van der Waals surface area contributed by atoms with Gasteiger partial charge in [-0.05, 0) is 19.1 Å². The number of amides is 4. The number of carbonyl (C=O) groups excluding carboxylic acids is 4. The van der Waals surface area contributed by atoms with Gasteiger partial charge in [0, 0.05) is 7.05 Å². The average molecular weight is 298 g/mol. The van der Waals surface area contributed by atoms with Crippen molar-refractivity contribution in [1.29, 1.82) is 0 Å². The van der Waals surface area contributed by atoms with Gasteiger partial charge in [-0.2, -0.15) is 0 Å². The van der Waals surface area contributed by atoms with E-state index in [0.717, 1.165) is 15.4 Å². The van der Waals surface area contributed by atoms with Gasteiger partial charge in [-0.25, -0.2) is 0 Å². The Labute approximate surface area is 126 Å². The minimum atomic E-state index is -0.680. The van der Waals surface area contributed by atoms with Crippen molar-refractivity contribution >= 4 is 29.3 Å². The molecule has 4 amide bonds. The molecule has 0 bridgehead atoms. The van der Waals surface area contributed by atoms with Gasteiger partial charge in [0.1, 0.15) is 0 Å². The molecule has 1 saturated carbocycles. The molecule has 2 saturated heterocycles. The molecule has 1 aromatic rings. The fraction of sp³-hybridized carbons (Fsp3) is 0.375. The van der Waals surface area contributed by atoms with E-state index in [4.69, 9.17) is 0 Å². The second-order valence-corrected chi connectivity index (χ2v) is 6.19. The Morgan fingerprint density at radius 1 is 0.727 bits per heavy atom. The molecule has 4 unspecified atom stereocenters. The first-order valence-electron chi connectivity index (χ1n) is 7.19. The van der Waals surface area contributed by atoms with E-state index < -0.39 is 23.7 Å². The Kier molecular flexibility index (Phi) is 2.41. The molecule has 3 aliphatic rings. The zero-order chi connectivity index (χ0) is 15.8. The highest BCUT2D eigenvalue weighted by atomic mass is 16.2. The molecule has 112 valence electrons. The van der Waals surface area contributed by atoms with Crippen LogP contribution in [-0.4, -0.2) is 35.6 Å². The first-order chi connectivity index (χ1) is 10.4. The number of benzene rings is 1. The number of fused-ring (bicyclic) bond motifs is 4. The van der Waals surface area contributed by atoms with Crippen LogP contribution in [0.2, 0.25) is 0 Å². The molecular weight excluding hydrogens is 284 g/mol. The largest absolute Gasteiger partial charge is 0.285 e.